The summed E-state index contributed by atoms with van der Waals surface area (Å²) in [6.45, 7) is 0.981. The van der Waals surface area contributed by atoms with Gasteiger partial charge in [-0.2, -0.15) is 0 Å². The summed E-state index contributed by atoms with van der Waals surface area (Å²) in [6, 6.07) is 9.49. The molecule has 3 aromatic rings. The Morgan fingerprint density at radius 3 is 2.92 bits per heavy atom. The van der Waals surface area contributed by atoms with Crippen molar-refractivity contribution in [1.82, 2.24) is 19.5 Å². The maximum Gasteiger partial charge on any atom is 0.234 e. The van der Waals surface area contributed by atoms with Crippen molar-refractivity contribution in [3.05, 3.63) is 48.9 Å². The van der Waals surface area contributed by atoms with E-state index < -0.39 is 0 Å². The van der Waals surface area contributed by atoms with E-state index in [0.29, 0.717) is 5.16 Å². The molecule has 0 atom stereocenters. The summed E-state index contributed by atoms with van der Waals surface area (Å²) in [4.78, 5) is 25.2. The van der Waals surface area contributed by atoms with Crippen molar-refractivity contribution in [2.75, 3.05) is 16.8 Å². The number of nitrogens with zero attached hydrogens (tertiary/aromatic N) is 4. The van der Waals surface area contributed by atoms with Crippen LogP contribution in [-0.2, 0) is 11.3 Å². The number of rotatable bonds is 5. The number of anilines is 1. The minimum absolute atomic E-state index is 0.0916. The summed E-state index contributed by atoms with van der Waals surface area (Å²) in [5.41, 5.74) is 2.58. The number of fused-ring (bicyclic) bond motifs is 1. The average Bonchev–Trinajstić information content (AvgIpc) is 3.23. The second-order valence-electron chi connectivity index (χ2n) is 5.36. The molecule has 2 aromatic heterocycles. The van der Waals surface area contributed by atoms with E-state index in [1.807, 2.05) is 30.5 Å². The van der Waals surface area contributed by atoms with Gasteiger partial charge in [-0.15, -0.1) is 0 Å². The monoisotopic (exact) mass is 369 g/mol. The normalized spacial score (nSPS) is 12.8. The molecule has 1 amide bonds. The third kappa shape index (κ3) is 3.69. The van der Waals surface area contributed by atoms with Crippen molar-refractivity contribution in [2.24, 2.45) is 0 Å². The number of hydrogen-bond donors (Lipinski definition) is 1. The molecule has 0 saturated carbocycles. The van der Waals surface area contributed by atoms with Crippen molar-refractivity contribution in [3.63, 3.8) is 0 Å². The highest BCUT2D eigenvalue weighted by Crippen LogP contribution is 2.32. The molecular weight excluding hydrogens is 354 g/mol. The predicted octanol–water partition coefficient (Wildman–Crippen LogP) is 3.18. The predicted molar refractivity (Wildman–Crippen MR) is 99.8 cm³/mol. The molecule has 25 heavy (non-hydrogen) atoms. The summed E-state index contributed by atoms with van der Waals surface area (Å²) < 4.78 is 2.15. The lowest BCUT2D eigenvalue weighted by Gasteiger charge is -2.09. The van der Waals surface area contributed by atoms with E-state index in [0.717, 1.165) is 34.4 Å². The van der Waals surface area contributed by atoms with Crippen molar-refractivity contribution in [3.8, 4) is 11.3 Å². The molecule has 0 fully saturated rings. The van der Waals surface area contributed by atoms with Gasteiger partial charge in [0.1, 0.15) is 0 Å². The summed E-state index contributed by atoms with van der Waals surface area (Å²) in [6.07, 6.45) is 5.38. The fraction of sp³-hybridized carbons (Fsp3) is 0.176. The van der Waals surface area contributed by atoms with Gasteiger partial charge < -0.3 is 9.88 Å². The van der Waals surface area contributed by atoms with Gasteiger partial charge in [-0.05, 0) is 12.1 Å². The Morgan fingerprint density at radius 2 is 2.08 bits per heavy atom. The minimum atomic E-state index is -0.0916. The third-order valence-corrected chi connectivity index (χ3v) is 5.50. The SMILES string of the molecule is O=C(CSc1ncccn1)Nc1ccccc1-c1cn2c(n1)SCC2. The molecule has 4 rings (SSSR count). The molecule has 0 spiro atoms. The number of imidazole rings is 1. The number of carbonyl (C=O) groups excluding carboxylic acids is 1. The van der Waals surface area contributed by atoms with Crippen LogP contribution in [0, 0.1) is 0 Å². The molecule has 126 valence electrons. The van der Waals surface area contributed by atoms with E-state index >= 15 is 0 Å². The zero-order valence-corrected chi connectivity index (χ0v) is 14.9. The van der Waals surface area contributed by atoms with Crippen molar-refractivity contribution in [2.45, 2.75) is 16.9 Å². The number of para-hydroxylation sites is 1. The fourth-order valence-corrected chi connectivity index (χ4v) is 4.08. The molecular formula is C17H15N5OS2. The largest absolute Gasteiger partial charge is 0.325 e. The van der Waals surface area contributed by atoms with Gasteiger partial charge in [0, 0.05) is 36.5 Å². The summed E-state index contributed by atoms with van der Waals surface area (Å²) in [5, 5.41) is 4.60. The van der Waals surface area contributed by atoms with Crippen LogP contribution in [-0.4, -0.2) is 36.9 Å². The van der Waals surface area contributed by atoms with Crippen LogP contribution < -0.4 is 5.32 Å². The number of aromatic nitrogens is 4. The van der Waals surface area contributed by atoms with Gasteiger partial charge in [0.05, 0.1) is 17.1 Å². The van der Waals surface area contributed by atoms with Gasteiger partial charge in [0.25, 0.3) is 0 Å². The molecule has 3 heterocycles. The molecule has 0 bridgehead atoms. The Bertz CT molecular complexity index is 876. The first kappa shape index (κ1) is 16.2. The molecule has 1 aromatic carbocycles. The topological polar surface area (TPSA) is 72.7 Å². The van der Waals surface area contributed by atoms with E-state index in [9.17, 15) is 4.79 Å². The lowest BCUT2D eigenvalue weighted by atomic mass is 10.1. The number of benzene rings is 1. The van der Waals surface area contributed by atoms with E-state index in [4.69, 9.17) is 0 Å². The van der Waals surface area contributed by atoms with Crippen LogP contribution in [0.1, 0.15) is 0 Å². The fourth-order valence-electron chi connectivity index (χ4n) is 2.53. The van der Waals surface area contributed by atoms with Gasteiger partial charge in [-0.1, -0.05) is 41.7 Å². The first-order valence-electron chi connectivity index (χ1n) is 7.78. The summed E-state index contributed by atoms with van der Waals surface area (Å²) >= 11 is 3.07. The van der Waals surface area contributed by atoms with Gasteiger partial charge in [0.2, 0.25) is 5.91 Å². The number of aryl methyl sites for hydroxylation is 1. The lowest BCUT2D eigenvalue weighted by molar-refractivity contribution is -0.113. The Kier molecular flexibility index (Phi) is 4.71. The summed E-state index contributed by atoms with van der Waals surface area (Å²) in [5.74, 6) is 1.24. The second-order valence-corrected chi connectivity index (χ2v) is 7.37. The zero-order valence-electron chi connectivity index (χ0n) is 13.3. The van der Waals surface area contributed by atoms with E-state index in [1.54, 1.807) is 30.2 Å². The number of amides is 1. The number of hydrogen-bond acceptors (Lipinski definition) is 6. The molecule has 0 aliphatic carbocycles. The molecule has 8 heteroatoms. The quantitative estimate of drug-likeness (QED) is 0.550. The highest BCUT2D eigenvalue weighted by Gasteiger charge is 2.17. The highest BCUT2D eigenvalue weighted by molar-refractivity contribution is 7.99. The Hall–Kier alpha value is -2.32. The van der Waals surface area contributed by atoms with Crippen molar-refractivity contribution >= 4 is 35.1 Å². The van der Waals surface area contributed by atoms with Crippen molar-refractivity contribution in [1.29, 1.82) is 0 Å². The van der Waals surface area contributed by atoms with E-state index in [-0.39, 0.29) is 11.7 Å². The average molecular weight is 369 g/mol. The van der Waals surface area contributed by atoms with Crippen LogP contribution in [0.15, 0.2) is 59.2 Å². The van der Waals surface area contributed by atoms with Gasteiger partial charge in [-0.25, -0.2) is 15.0 Å². The number of carbonyl (C=O) groups is 1. The van der Waals surface area contributed by atoms with E-state index in [2.05, 4.69) is 24.8 Å². The van der Waals surface area contributed by atoms with Crippen LogP contribution in [0.25, 0.3) is 11.3 Å². The summed E-state index contributed by atoms with van der Waals surface area (Å²) in [7, 11) is 0. The van der Waals surface area contributed by atoms with Crippen LogP contribution >= 0.6 is 23.5 Å². The zero-order chi connectivity index (χ0) is 17.1. The van der Waals surface area contributed by atoms with Crippen LogP contribution in [0.3, 0.4) is 0 Å². The molecule has 0 radical (unpaired) electrons. The number of thioether (sulfide) groups is 2. The Balaban J connectivity index is 1.48. The van der Waals surface area contributed by atoms with E-state index in [1.165, 1.54) is 11.8 Å². The standard InChI is InChI=1S/C17H15N5OS2/c23-15(11-25-16-18-6-3-7-19-16)20-13-5-2-1-4-12(13)14-10-22-8-9-24-17(22)21-14/h1-7,10H,8-9,11H2,(H,20,23). The maximum atomic E-state index is 12.3. The minimum Gasteiger partial charge on any atom is -0.325 e. The third-order valence-electron chi connectivity index (χ3n) is 3.65. The first-order chi connectivity index (χ1) is 12.3. The number of nitrogens with one attached hydrogen (secondary N) is 1. The lowest BCUT2D eigenvalue weighted by Crippen LogP contribution is -2.15. The first-order valence-corrected chi connectivity index (χ1v) is 9.76. The molecule has 0 saturated heterocycles. The van der Waals surface area contributed by atoms with Crippen LogP contribution in [0.4, 0.5) is 5.69 Å². The molecule has 0 unspecified atom stereocenters. The Labute approximate surface area is 153 Å². The second kappa shape index (κ2) is 7.28. The smallest absolute Gasteiger partial charge is 0.234 e. The maximum absolute atomic E-state index is 12.3. The van der Waals surface area contributed by atoms with Gasteiger partial charge in [0.15, 0.2) is 10.3 Å². The van der Waals surface area contributed by atoms with Crippen molar-refractivity contribution < 1.29 is 4.79 Å². The molecule has 1 aliphatic heterocycles. The van der Waals surface area contributed by atoms with Gasteiger partial charge >= 0.3 is 0 Å². The van der Waals surface area contributed by atoms with Gasteiger partial charge in [-0.3, -0.25) is 4.79 Å². The van der Waals surface area contributed by atoms with Crippen LogP contribution in [0.2, 0.25) is 0 Å². The molecule has 1 aliphatic rings. The van der Waals surface area contributed by atoms with Crippen LogP contribution in [0.5, 0.6) is 0 Å². The molecule has 6 nitrogen and oxygen atoms in total. The molecule has 1 N–H and O–H groups in total. The Morgan fingerprint density at radius 1 is 1.24 bits per heavy atom. The highest BCUT2D eigenvalue weighted by atomic mass is 32.2.